The quantitative estimate of drug-likeness (QED) is 0.776. The van der Waals surface area contributed by atoms with E-state index in [1.807, 2.05) is 18.2 Å². The van der Waals surface area contributed by atoms with Crippen molar-refractivity contribution in [2.24, 2.45) is 5.73 Å². The standard InChI is InChI=1S/C12H13NO2/c13-11(12(14)15)7-9-5-1-3-8-4-2-6-10(8)9/h1-5,11H,6-7,13H2,(H,14,15). The molecular weight excluding hydrogens is 190 g/mol. The summed E-state index contributed by atoms with van der Waals surface area (Å²) in [5.74, 6) is -0.946. The predicted octanol–water partition coefficient (Wildman–Crippen LogP) is 1.21. The molecule has 3 N–H and O–H groups in total. The molecule has 2 rings (SSSR count). The number of rotatable bonds is 3. The number of aliphatic carboxylic acids is 1. The maximum atomic E-state index is 10.7. The Morgan fingerprint density at radius 1 is 1.53 bits per heavy atom. The minimum atomic E-state index is -0.946. The highest BCUT2D eigenvalue weighted by Gasteiger charge is 2.16. The predicted molar refractivity (Wildman–Crippen MR) is 58.5 cm³/mol. The molecule has 0 fully saturated rings. The molecule has 15 heavy (non-hydrogen) atoms. The van der Waals surface area contributed by atoms with Crippen LogP contribution in [0.5, 0.6) is 0 Å². The van der Waals surface area contributed by atoms with Gasteiger partial charge >= 0.3 is 5.97 Å². The van der Waals surface area contributed by atoms with Crippen molar-refractivity contribution >= 4 is 12.0 Å². The van der Waals surface area contributed by atoms with Crippen LogP contribution in [0.4, 0.5) is 0 Å². The molecule has 1 aromatic rings. The van der Waals surface area contributed by atoms with Crippen molar-refractivity contribution in [3.63, 3.8) is 0 Å². The molecule has 0 bridgehead atoms. The van der Waals surface area contributed by atoms with Gasteiger partial charge in [0.1, 0.15) is 6.04 Å². The Bertz CT molecular complexity index is 424. The van der Waals surface area contributed by atoms with E-state index >= 15 is 0 Å². The van der Waals surface area contributed by atoms with Crippen molar-refractivity contribution in [2.75, 3.05) is 0 Å². The lowest BCUT2D eigenvalue weighted by Gasteiger charge is -2.10. The highest BCUT2D eigenvalue weighted by atomic mass is 16.4. The molecule has 0 amide bonds. The van der Waals surface area contributed by atoms with Gasteiger partial charge in [-0.15, -0.1) is 0 Å². The van der Waals surface area contributed by atoms with E-state index in [2.05, 4.69) is 12.2 Å². The maximum absolute atomic E-state index is 10.7. The summed E-state index contributed by atoms with van der Waals surface area (Å²) in [6, 6.07) is 5.12. The lowest BCUT2D eigenvalue weighted by molar-refractivity contribution is -0.138. The van der Waals surface area contributed by atoms with Crippen molar-refractivity contribution in [3.8, 4) is 0 Å². The van der Waals surface area contributed by atoms with Crippen molar-refractivity contribution in [1.82, 2.24) is 0 Å². The topological polar surface area (TPSA) is 63.3 Å². The number of carboxylic acid groups (broad SMARTS) is 1. The van der Waals surface area contributed by atoms with Crippen LogP contribution in [0.1, 0.15) is 16.7 Å². The minimum absolute atomic E-state index is 0.403. The van der Waals surface area contributed by atoms with Crippen LogP contribution in [-0.4, -0.2) is 17.1 Å². The minimum Gasteiger partial charge on any atom is -0.480 e. The van der Waals surface area contributed by atoms with Gasteiger partial charge in [-0.3, -0.25) is 4.79 Å². The van der Waals surface area contributed by atoms with Gasteiger partial charge in [0, 0.05) is 0 Å². The highest BCUT2D eigenvalue weighted by Crippen LogP contribution is 2.23. The van der Waals surface area contributed by atoms with E-state index in [1.165, 1.54) is 11.1 Å². The van der Waals surface area contributed by atoms with Crippen LogP contribution in [-0.2, 0) is 17.6 Å². The molecule has 0 spiro atoms. The zero-order chi connectivity index (χ0) is 10.8. The second-order valence-electron chi connectivity index (χ2n) is 3.74. The fourth-order valence-electron chi connectivity index (χ4n) is 1.88. The van der Waals surface area contributed by atoms with E-state index in [0.717, 1.165) is 12.0 Å². The van der Waals surface area contributed by atoms with Gasteiger partial charge in [-0.1, -0.05) is 30.4 Å². The fraction of sp³-hybridized carbons (Fsp3) is 0.250. The first-order valence-electron chi connectivity index (χ1n) is 4.94. The average Bonchev–Trinajstić information content (AvgIpc) is 2.66. The van der Waals surface area contributed by atoms with Crippen LogP contribution in [0, 0.1) is 0 Å². The average molecular weight is 203 g/mol. The summed E-state index contributed by atoms with van der Waals surface area (Å²) in [6.45, 7) is 0. The normalized spacial score (nSPS) is 15.0. The molecule has 0 aliphatic heterocycles. The van der Waals surface area contributed by atoms with Crippen LogP contribution < -0.4 is 5.73 Å². The van der Waals surface area contributed by atoms with Gasteiger partial charge in [0.05, 0.1) is 0 Å². The number of allylic oxidation sites excluding steroid dienone is 1. The van der Waals surface area contributed by atoms with Crippen molar-refractivity contribution in [3.05, 3.63) is 41.0 Å². The third-order valence-corrected chi connectivity index (χ3v) is 2.69. The number of nitrogens with two attached hydrogens (primary N) is 1. The van der Waals surface area contributed by atoms with E-state index < -0.39 is 12.0 Å². The molecule has 0 saturated carbocycles. The molecule has 1 unspecified atom stereocenters. The summed E-state index contributed by atoms with van der Waals surface area (Å²) in [5.41, 5.74) is 8.97. The largest absolute Gasteiger partial charge is 0.480 e. The maximum Gasteiger partial charge on any atom is 0.320 e. The summed E-state index contributed by atoms with van der Waals surface area (Å²) < 4.78 is 0. The number of benzene rings is 1. The molecule has 3 nitrogen and oxygen atoms in total. The summed E-state index contributed by atoms with van der Waals surface area (Å²) in [4.78, 5) is 10.7. The third kappa shape index (κ3) is 1.92. The van der Waals surface area contributed by atoms with E-state index in [-0.39, 0.29) is 0 Å². The molecule has 1 aliphatic rings. The Hall–Kier alpha value is -1.61. The van der Waals surface area contributed by atoms with Gasteiger partial charge in [-0.2, -0.15) is 0 Å². The van der Waals surface area contributed by atoms with Crippen LogP contribution in [0.15, 0.2) is 24.3 Å². The van der Waals surface area contributed by atoms with E-state index in [4.69, 9.17) is 10.8 Å². The third-order valence-electron chi connectivity index (χ3n) is 2.69. The molecular formula is C12H13NO2. The first-order valence-corrected chi connectivity index (χ1v) is 4.94. The summed E-state index contributed by atoms with van der Waals surface area (Å²) in [6.07, 6.45) is 5.43. The zero-order valence-corrected chi connectivity index (χ0v) is 8.31. The molecule has 1 atom stereocenters. The number of fused-ring (bicyclic) bond motifs is 1. The first kappa shape index (κ1) is 9.93. The Morgan fingerprint density at radius 2 is 2.33 bits per heavy atom. The van der Waals surface area contributed by atoms with Crippen molar-refractivity contribution in [1.29, 1.82) is 0 Å². The molecule has 1 aromatic carbocycles. The molecule has 0 aromatic heterocycles. The van der Waals surface area contributed by atoms with Crippen molar-refractivity contribution < 1.29 is 9.90 Å². The van der Waals surface area contributed by atoms with Gasteiger partial charge in [0.2, 0.25) is 0 Å². The van der Waals surface area contributed by atoms with Gasteiger partial charge in [0.15, 0.2) is 0 Å². The zero-order valence-electron chi connectivity index (χ0n) is 8.31. The van der Waals surface area contributed by atoms with Gasteiger partial charge in [-0.05, 0) is 29.5 Å². The molecule has 1 aliphatic carbocycles. The molecule has 0 heterocycles. The van der Waals surface area contributed by atoms with Gasteiger partial charge in [0.25, 0.3) is 0 Å². The van der Waals surface area contributed by atoms with E-state index in [9.17, 15) is 4.79 Å². The highest BCUT2D eigenvalue weighted by molar-refractivity contribution is 5.74. The Kier molecular flexibility index (Phi) is 2.56. The molecule has 0 saturated heterocycles. The summed E-state index contributed by atoms with van der Waals surface area (Å²) in [7, 11) is 0. The van der Waals surface area contributed by atoms with Crippen LogP contribution in [0.25, 0.3) is 6.08 Å². The summed E-state index contributed by atoms with van der Waals surface area (Å²) >= 11 is 0. The summed E-state index contributed by atoms with van der Waals surface area (Å²) in [5, 5.41) is 8.75. The number of carboxylic acids is 1. The lowest BCUT2D eigenvalue weighted by Crippen LogP contribution is -2.32. The molecule has 0 radical (unpaired) electrons. The Morgan fingerprint density at radius 3 is 3.07 bits per heavy atom. The van der Waals surface area contributed by atoms with Gasteiger partial charge < -0.3 is 10.8 Å². The van der Waals surface area contributed by atoms with E-state index in [0.29, 0.717) is 6.42 Å². The molecule has 78 valence electrons. The number of hydrogen-bond donors (Lipinski definition) is 2. The fourth-order valence-corrected chi connectivity index (χ4v) is 1.88. The Labute approximate surface area is 88.2 Å². The smallest absolute Gasteiger partial charge is 0.320 e. The first-order chi connectivity index (χ1) is 7.18. The van der Waals surface area contributed by atoms with E-state index in [1.54, 1.807) is 0 Å². The second-order valence-corrected chi connectivity index (χ2v) is 3.74. The van der Waals surface area contributed by atoms with Crippen LogP contribution in [0.3, 0.4) is 0 Å². The number of carbonyl (C=O) groups is 1. The van der Waals surface area contributed by atoms with Crippen molar-refractivity contribution in [2.45, 2.75) is 18.9 Å². The Balaban J connectivity index is 2.24. The van der Waals surface area contributed by atoms with Crippen LogP contribution in [0.2, 0.25) is 0 Å². The van der Waals surface area contributed by atoms with Gasteiger partial charge in [-0.25, -0.2) is 0 Å². The monoisotopic (exact) mass is 203 g/mol. The van der Waals surface area contributed by atoms with Crippen LogP contribution >= 0.6 is 0 Å². The number of hydrogen-bond acceptors (Lipinski definition) is 2. The second kappa shape index (κ2) is 3.87. The lowest BCUT2D eigenvalue weighted by atomic mass is 9.97. The SMILES string of the molecule is NC(Cc1cccc2c1CC=C2)C(=O)O. The molecule has 3 heteroatoms.